The summed E-state index contributed by atoms with van der Waals surface area (Å²) < 4.78 is 45.1. The first-order valence-corrected chi connectivity index (χ1v) is 12.4. The lowest BCUT2D eigenvalue weighted by molar-refractivity contribution is -0.137. The van der Waals surface area contributed by atoms with E-state index < -0.39 is 11.7 Å². The Balaban J connectivity index is 1.61. The van der Waals surface area contributed by atoms with E-state index >= 15 is 0 Å². The Hall–Kier alpha value is -3.00. The number of ether oxygens (including phenoxy) is 1. The summed E-state index contributed by atoms with van der Waals surface area (Å²) in [5.74, 6) is 1.50. The van der Waals surface area contributed by atoms with Crippen molar-refractivity contribution in [2.75, 3.05) is 12.3 Å². The lowest BCUT2D eigenvalue weighted by atomic mass is 9.99. The van der Waals surface area contributed by atoms with Gasteiger partial charge in [-0.3, -0.25) is 9.78 Å². The smallest absolute Gasteiger partial charge is 0.416 e. The number of alkyl halides is 3. The minimum atomic E-state index is -4.40. The summed E-state index contributed by atoms with van der Waals surface area (Å²) in [6, 6.07) is 12.9. The Labute approximate surface area is 207 Å². The van der Waals surface area contributed by atoms with Gasteiger partial charge in [-0.05, 0) is 59.4 Å². The lowest BCUT2D eigenvalue weighted by Crippen LogP contribution is -2.31. The number of pyridine rings is 1. The van der Waals surface area contributed by atoms with Crippen molar-refractivity contribution in [3.8, 4) is 16.9 Å². The summed E-state index contributed by atoms with van der Waals surface area (Å²) >= 11 is 1.59. The zero-order chi connectivity index (χ0) is 25.2. The molecule has 0 N–H and O–H groups in total. The van der Waals surface area contributed by atoms with Gasteiger partial charge in [-0.15, -0.1) is 11.8 Å². The molecule has 0 bridgehead atoms. The van der Waals surface area contributed by atoms with Crippen LogP contribution in [0.1, 0.15) is 41.5 Å². The quantitative estimate of drug-likeness (QED) is 0.355. The van der Waals surface area contributed by atoms with E-state index in [-0.39, 0.29) is 17.9 Å². The number of carbonyl (C=O) groups is 1. The Kier molecular flexibility index (Phi) is 7.40. The molecule has 8 heteroatoms. The van der Waals surface area contributed by atoms with Gasteiger partial charge in [0.15, 0.2) is 0 Å². The summed E-state index contributed by atoms with van der Waals surface area (Å²) in [4.78, 5) is 18.8. The maximum atomic E-state index is 13.1. The lowest BCUT2D eigenvalue weighted by Gasteiger charge is -2.27. The van der Waals surface area contributed by atoms with E-state index in [1.807, 2.05) is 42.3 Å². The molecular formula is C27H27F3N2O2S. The number of aryl methyl sites for hydroxylation is 1. The van der Waals surface area contributed by atoms with Crippen LogP contribution in [0.15, 0.2) is 60.9 Å². The number of benzene rings is 2. The molecule has 2 heterocycles. The third-order valence-electron chi connectivity index (χ3n) is 5.80. The van der Waals surface area contributed by atoms with Crippen LogP contribution in [0.3, 0.4) is 0 Å². The molecule has 1 atom stereocenters. The molecule has 1 amide bonds. The van der Waals surface area contributed by atoms with Gasteiger partial charge in [0.2, 0.25) is 5.91 Å². The van der Waals surface area contributed by atoms with Crippen molar-refractivity contribution in [2.45, 2.75) is 38.9 Å². The van der Waals surface area contributed by atoms with Crippen LogP contribution in [0.2, 0.25) is 0 Å². The molecule has 3 aromatic rings. The number of thioether (sulfide) groups is 1. The van der Waals surface area contributed by atoms with Crippen LogP contribution in [0, 0.1) is 12.8 Å². The highest BCUT2D eigenvalue weighted by atomic mass is 32.2. The van der Waals surface area contributed by atoms with Gasteiger partial charge in [-0.1, -0.05) is 38.1 Å². The molecular weight excluding hydrogens is 473 g/mol. The van der Waals surface area contributed by atoms with E-state index in [0.717, 1.165) is 34.4 Å². The molecule has 184 valence electrons. The zero-order valence-electron chi connectivity index (χ0n) is 19.8. The molecule has 1 aliphatic rings. The molecule has 4 rings (SSSR count). The molecule has 2 aromatic carbocycles. The number of halogens is 3. The summed E-state index contributed by atoms with van der Waals surface area (Å²) in [5, 5.41) is -0.121. The van der Waals surface area contributed by atoms with Crippen LogP contribution in [0.4, 0.5) is 13.2 Å². The first kappa shape index (κ1) is 25.1. The third kappa shape index (κ3) is 5.81. The Morgan fingerprint density at radius 3 is 2.71 bits per heavy atom. The maximum absolute atomic E-state index is 13.1. The normalized spacial score (nSPS) is 16.3. The van der Waals surface area contributed by atoms with Gasteiger partial charge in [0.25, 0.3) is 0 Å². The summed E-state index contributed by atoms with van der Waals surface area (Å²) in [6.07, 6.45) is -0.870. The van der Waals surface area contributed by atoms with Crippen molar-refractivity contribution in [3.05, 3.63) is 83.2 Å². The first-order chi connectivity index (χ1) is 16.6. The van der Waals surface area contributed by atoms with Gasteiger partial charge >= 0.3 is 6.18 Å². The SMILES string of the molecule is Cc1ccc(-c2ccncc2C2SCC(=O)N2CC(C)C)cc1OCc1cccc(C(F)(F)F)c1. The fourth-order valence-electron chi connectivity index (χ4n) is 4.09. The number of carbonyl (C=O) groups excluding carboxylic acids is 1. The van der Waals surface area contributed by atoms with Gasteiger partial charge in [0, 0.05) is 24.5 Å². The highest BCUT2D eigenvalue weighted by Crippen LogP contribution is 2.43. The molecule has 1 fully saturated rings. The number of aromatic nitrogens is 1. The Bertz CT molecular complexity index is 1210. The standard InChI is InChI=1S/C27H27F3N2O2S/c1-17(2)14-32-25(33)16-35-26(32)23-13-31-10-9-22(23)20-8-7-18(3)24(12-20)34-15-19-5-4-6-21(11-19)27(28,29)30/h4-13,17,26H,14-16H2,1-3H3. The van der Waals surface area contributed by atoms with E-state index in [1.54, 1.807) is 24.0 Å². The van der Waals surface area contributed by atoms with Gasteiger partial charge in [0.05, 0.1) is 11.3 Å². The predicted octanol–water partition coefficient (Wildman–Crippen LogP) is 6.88. The highest BCUT2D eigenvalue weighted by molar-refractivity contribution is 8.00. The third-order valence-corrected chi connectivity index (χ3v) is 7.03. The van der Waals surface area contributed by atoms with E-state index in [2.05, 4.69) is 18.8 Å². The maximum Gasteiger partial charge on any atom is 0.416 e. The van der Waals surface area contributed by atoms with Crippen molar-refractivity contribution in [1.29, 1.82) is 0 Å². The fourth-order valence-corrected chi connectivity index (χ4v) is 5.31. The molecule has 0 radical (unpaired) electrons. The molecule has 0 aliphatic carbocycles. The fraction of sp³-hybridized carbons (Fsp3) is 0.333. The summed E-state index contributed by atoms with van der Waals surface area (Å²) in [6.45, 7) is 6.77. The molecule has 4 nitrogen and oxygen atoms in total. The largest absolute Gasteiger partial charge is 0.489 e. The van der Waals surface area contributed by atoms with Crippen molar-refractivity contribution in [3.63, 3.8) is 0 Å². The number of hydrogen-bond donors (Lipinski definition) is 0. The number of amides is 1. The minimum absolute atomic E-state index is 0.0204. The van der Waals surface area contributed by atoms with Gasteiger partial charge in [-0.25, -0.2) is 0 Å². The molecule has 1 saturated heterocycles. The molecule has 1 aliphatic heterocycles. The van der Waals surface area contributed by atoms with Crippen LogP contribution in [0.5, 0.6) is 5.75 Å². The Morgan fingerprint density at radius 2 is 1.97 bits per heavy atom. The van der Waals surface area contributed by atoms with Crippen LogP contribution in [0.25, 0.3) is 11.1 Å². The Morgan fingerprint density at radius 1 is 1.17 bits per heavy atom. The van der Waals surface area contributed by atoms with Gasteiger partial charge < -0.3 is 9.64 Å². The number of hydrogen-bond acceptors (Lipinski definition) is 4. The monoisotopic (exact) mass is 500 g/mol. The summed E-state index contributed by atoms with van der Waals surface area (Å²) in [5.41, 5.74) is 3.43. The van der Waals surface area contributed by atoms with Crippen molar-refractivity contribution in [2.24, 2.45) is 5.92 Å². The second kappa shape index (κ2) is 10.3. The average molecular weight is 501 g/mol. The first-order valence-electron chi connectivity index (χ1n) is 11.4. The second-order valence-corrected chi connectivity index (χ2v) is 10.1. The number of nitrogens with zero attached hydrogens (tertiary/aromatic N) is 2. The van der Waals surface area contributed by atoms with Gasteiger partial charge in [-0.2, -0.15) is 13.2 Å². The molecule has 1 aromatic heterocycles. The van der Waals surface area contributed by atoms with Gasteiger partial charge in [0.1, 0.15) is 17.7 Å². The molecule has 35 heavy (non-hydrogen) atoms. The molecule has 0 saturated carbocycles. The van der Waals surface area contributed by atoms with E-state index in [9.17, 15) is 18.0 Å². The van der Waals surface area contributed by atoms with Crippen molar-refractivity contribution < 1.29 is 22.7 Å². The van der Waals surface area contributed by atoms with Crippen LogP contribution >= 0.6 is 11.8 Å². The van der Waals surface area contributed by atoms with Crippen molar-refractivity contribution in [1.82, 2.24) is 9.88 Å². The average Bonchev–Trinajstić information content (AvgIpc) is 3.17. The summed E-state index contributed by atoms with van der Waals surface area (Å²) in [7, 11) is 0. The predicted molar refractivity (Wildman–Crippen MR) is 132 cm³/mol. The van der Waals surface area contributed by atoms with E-state index in [1.165, 1.54) is 6.07 Å². The zero-order valence-corrected chi connectivity index (χ0v) is 20.6. The van der Waals surface area contributed by atoms with E-state index in [0.29, 0.717) is 29.5 Å². The van der Waals surface area contributed by atoms with Crippen molar-refractivity contribution >= 4 is 17.7 Å². The van der Waals surface area contributed by atoms with Crippen LogP contribution in [-0.4, -0.2) is 28.1 Å². The molecule has 1 unspecified atom stereocenters. The molecule has 0 spiro atoms. The number of rotatable bonds is 7. The highest BCUT2D eigenvalue weighted by Gasteiger charge is 2.34. The minimum Gasteiger partial charge on any atom is -0.489 e. The van der Waals surface area contributed by atoms with Crippen LogP contribution < -0.4 is 4.74 Å². The van der Waals surface area contributed by atoms with Crippen LogP contribution in [-0.2, 0) is 17.6 Å². The second-order valence-electron chi connectivity index (χ2n) is 9.03. The topological polar surface area (TPSA) is 42.4 Å². The van der Waals surface area contributed by atoms with E-state index in [4.69, 9.17) is 4.74 Å².